The van der Waals surface area contributed by atoms with Gasteiger partial charge < -0.3 is 5.73 Å². The first-order valence-corrected chi connectivity index (χ1v) is 9.09. The highest BCUT2D eigenvalue weighted by Crippen LogP contribution is 2.26. The molecule has 0 heterocycles. The number of anilines is 1. The fourth-order valence-electron chi connectivity index (χ4n) is 2.05. The van der Waals surface area contributed by atoms with Crippen LogP contribution in [0.25, 0.3) is 0 Å². The van der Waals surface area contributed by atoms with Gasteiger partial charge in [0.05, 0.1) is 5.02 Å². The summed E-state index contributed by atoms with van der Waals surface area (Å²) in [6.45, 7) is 6.67. The number of sulfonamides is 1. The summed E-state index contributed by atoms with van der Waals surface area (Å²) in [6, 6.07) is 4.42. The topological polar surface area (TPSA) is 72.2 Å². The first-order chi connectivity index (χ1) is 9.68. The van der Waals surface area contributed by atoms with Crippen LogP contribution < -0.4 is 10.5 Å². The van der Waals surface area contributed by atoms with E-state index in [9.17, 15) is 8.42 Å². The van der Waals surface area contributed by atoms with E-state index in [1.807, 2.05) is 0 Å². The van der Waals surface area contributed by atoms with E-state index < -0.39 is 10.0 Å². The highest BCUT2D eigenvalue weighted by atomic mass is 35.5. The molecule has 0 saturated heterocycles. The maximum absolute atomic E-state index is 12.3. The summed E-state index contributed by atoms with van der Waals surface area (Å²) in [5.41, 5.74) is 5.94. The Balaban J connectivity index is 2.72. The second-order valence-corrected chi connectivity index (χ2v) is 8.28. The first-order valence-electron chi connectivity index (χ1n) is 7.23. The SMILES string of the molecule is CCCCCC(C)(C)CNS(=O)(=O)c1ccc(N)cc1Cl. The zero-order valence-electron chi connectivity index (χ0n) is 12.9. The lowest BCUT2D eigenvalue weighted by molar-refractivity contribution is 0.320. The molecule has 0 aliphatic heterocycles. The second kappa shape index (κ2) is 7.47. The van der Waals surface area contributed by atoms with E-state index in [4.69, 9.17) is 17.3 Å². The molecule has 0 radical (unpaired) electrons. The van der Waals surface area contributed by atoms with Gasteiger partial charge >= 0.3 is 0 Å². The van der Waals surface area contributed by atoms with E-state index in [2.05, 4.69) is 25.5 Å². The summed E-state index contributed by atoms with van der Waals surface area (Å²) in [5, 5.41) is 0.145. The van der Waals surface area contributed by atoms with Crippen molar-refractivity contribution in [3.8, 4) is 0 Å². The first kappa shape index (κ1) is 18.3. The van der Waals surface area contributed by atoms with Crippen molar-refractivity contribution in [3.05, 3.63) is 23.2 Å². The molecule has 0 aliphatic carbocycles. The minimum Gasteiger partial charge on any atom is -0.399 e. The van der Waals surface area contributed by atoms with Gasteiger partial charge in [-0.2, -0.15) is 0 Å². The van der Waals surface area contributed by atoms with E-state index in [0.717, 1.165) is 19.3 Å². The van der Waals surface area contributed by atoms with E-state index >= 15 is 0 Å². The summed E-state index contributed by atoms with van der Waals surface area (Å²) >= 11 is 5.97. The molecule has 0 bridgehead atoms. The molecule has 1 rings (SSSR count). The highest BCUT2D eigenvalue weighted by molar-refractivity contribution is 7.89. The van der Waals surface area contributed by atoms with Crippen LogP contribution in [0.2, 0.25) is 5.02 Å². The number of nitrogens with two attached hydrogens (primary N) is 1. The molecule has 21 heavy (non-hydrogen) atoms. The van der Waals surface area contributed by atoms with Gasteiger partial charge in [-0.1, -0.05) is 51.6 Å². The number of halogens is 1. The summed E-state index contributed by atoms with van der Waals surface area (Å²) in [6.07, 6.45) is 4.41. The Bertz CT molecular complexity index is 571. The predicted octanol–water partition coefficient (Wildman–Crippen LogP) is 3.81. The van der Waals surface area contributed by atoms with Crippen molar-refractivity contribution in [2.24, 2.45) is 5.41 Å². The Labute approximate surface area is 133 Å². The standard InChI is InChI=1S/C15H25ClN2O2S/c1-4-5-6-9-15(2,3)11-18-21(19,20)14-8-7-12(17)10-13(14)16/h7-8,10,18H,4-6,9,11,17H2,1-3H3. The van der Waals surface area contributed by atoms with Crippen molar-refractivity contribution >= 4 is 27.3 Å². The zero-order chi connectivity index (χ0) is 16.1. The Morgan fingerprint density at radius 3 is 2.52 bits per heavy atom. The summed E-state index contributed by atoms with van der Waals surface area (Å²) in [4.78, 5) is 0.0720. The largest absolute Gasteiger partial charge is 0.399 e. The number of benzene rings is 1. The van der Waals surface area contributed by atoms with E-state index in [1.54, 1.807) is 0 Å². The van der Waals surface area contributed by atoms with Gasteiger partial charge in [0.15, 0.2) is 0 Å². The second-order valence-electron chi connectivity index (χ2n) is 6.14. The van der Waals surface area contributed by atoms with Crippen molar-refractivity contribution in [2.75, 3.05) is 12.3 Å². The number of unbranched alkanes of at least 4 members (excludes halogenated alkanes) is 2. The van der Waals surface area contributed by atoms with Crippen molar-refractivity contribution < 1.29 is 8.42 Å². The molecule has 0 saturated carbocycles. The Kier molecular flexibility index (Phi) is 6.50. The third-order valence-corrected chi connectivity index (χ3v) is 5.33. The van der Waals surface area contributed by atoms with Gasteiger partial charge in [0.2, 0.25) is 10.0 Å². The number of hydrogen-bond acceptors (Lipinski definition) is 3. The lowest BCUT2D eigenvalue weighted by Gasteiger charge is -2.25. The molecule has 0 aromatic heterocycles. The number of rotatable bonds is 8. The fraction of sp³-hybridized carbons (Fsp3) is 0.600. The van der Waals surface area contributed by atoms with Crippen LogP contribution >= 0.6 is 11.6 Å². The van der Waals surface area contributed by atoms with Crippen LogP contribution in [0.5, 0.6) is 0 Å². The average molecular weight is 333 g/mol. The van der Waals surface area contributed by atoms with Crippen molar-refractivity contribution in [1.82, 2.24) is 4.72 Å². The molecule has 0 fully saturated rings. The molecule has 3 N–H and O–H groups in total. The molecule has 1 aromatic rings. The Morgan fingerprint density at radius 2 is 1.95 bits per heavy atom. The van der Waals surface area contributed by atoms with Crippen molar-refractivity contribution in [1.29, 1.82) is 0 Å². The maximum Gasteiger partial charge on any atom is 0.242 e. The molecule has 1 aromatic carbocycles. The van der Waals surface area contributed by atoms with Gasteiger partial charge in [-0.05, 0) is 30.0 Å². The Morgan fingerprint density at radius 1 is 1.29 bits per heavy atom. The summed E-state index contributed by atoms with van der Waals surface area (Å²) in [5.74, 6) is 0. The molecule has 0 aliphatic rings. The highest BCUT2D eigenvalue weighted by Gasteiger charge is 2.23. The summed E-state index contributed by atoms with van der Waals surface area (Å²) in [7, 11) is -3.61. The van der Waals surface area contributed by atoms with Gasteiger partial charge in [0, 0.05) is 12.2 Å². The van der Waals surface area contributed by atoms with Crippen LogP contribution in [0.15, 0.2) is 23.1 Å². The minimum absolute atomic E-state index is 0.0720. The van der Waals surface area contributed by atoms with Gasteiger partial charge in [-0.15, -0.1) is 0 Å². The predicted molar refractivity (Wildman–Crippen MR) is 89.0 cm³/mol. The molecule has 4 nitrogen and oxygen atoms in total. The molecule has 0 spiro atoms. The minimum atomic E-state index is -3.61. The normalized spacial score (nSPS) is 12.6. The molecule has 0 atom stereocenters. The number of hydrogen-bond donors (Lipinski definition) is 2. The third-order valence-electron chi connectivity index (χ3n) is 3.44. The van der Waals surface area contributed by atoms with E-state index in [1.165, 1.54) is 24.6 Å². The van der Waals surface area contributed by atoms with E-state index in [-0.39, 0.29) is 15.3 Å². The third kappa shape index (κ3) is 5.85. The van der Waals surface area contributed by atoms with Crippen molar-refractivity contribution in [3.63, 3.8) is 0 Å². The van der Waals surface area contributed by atoms with Gasteiger partial charge in [0.25, 0.3) is 0 Å². The van der Waals surface area contributed by atoms with Gasteiger partial charge in [0.1, 0.15) is 4.90 Å². The number of nitrogen functional groups attached to an aromatic ring is 1. The smallest absolute Gasteiger partial charge is 0.242 e. The quantitative estimate of drug-likeness (QED) is 0.561. The molecule has 120 valence electrons. The summed E-state index contributed by atoms with van der Waals surface area (Å²) < 4.78 is 27.3. The molecule has 0 unspecified atom stereocenters. The molecule has 6 heteroatoms. The lowest BCUT2D eigenvalue weighted by Crippen LogP contribution is -2.34. The molecular weight excluding hydrogens is 308 g/mol. The van der Waals surface area contributed by atoms with Crippen LogP contribution in [0.3, 0.4) is 0 Å². The lowest BCUT2D eigenvalue weighted by atomic mass is 9.87. The maximum atomic E-state index is 12.3. The Hall–Kier alpha value is -0.780. The number of nitrogens with one attached hydrogen (secondary N) is 1. The van der Waals surface area contributed by atoms with Gasteiger partial charge in [-0.25, -0.2) is 13.1 Å². The van der Waals surface area contributed by atoms with Crippen LogP contribution in [0.4, 0.5) is 5.69 Å². The fourth-order valence-corrected chi connectivity index (χ4v) is 3.84. The monoisotopic (exact) mass is 332 g/mol. The van der Waals surface area contributed by atoms with Crippen LogP contribution in [-0.4, -0.2) is 15.0 Å². The zero-order valence-corrected chi connectivity index (χ0v) is 14.5. The van der Waals surface area contributed by atoms with E-state index in [0.29, 0.717) is 12.2 Å². The van der Waals surface area contributed by atoms with Gasteiger partial charge in [-0.3, -0.25) is 0 Å². The van der Waals surface area contributed by atoms with Crippen LogP contribution in [0, 0.1) is 5.41 Å². The molecule has 0 amide bonds. The van der Waals surface area contributed by atoms with Crippen molar-refractivity contribution in [2.45, 2.75) is 51.3 Å². The molecular formula is C15H25ClN2O2S. The van der Waals surface area contributed by atoms with Crippen LogP contribution in [-0.2, 0) is 10.0 Å². The average Bonchev–Trinajstić information content (AvgIpc) is 2.36. The van der Waals surface area contributed by atoms with Crippen LogP contribution in [0.1, 0.15) is 46.5 Å².